The Balaban J connectivity index is 1.45. The van der Waals surface area contributed by atoms with E-state index in [2.05, 4.69) is 31.0 Å². The van der Waals surface area contributed by atoms with Crippen molar-refractivity contribution in [3.63, 3.8) is 0 Å². The Morgan fingerprint density at radius 2 is 2.10 bits per heavy atom. The Labute approximate surface area is 177 Å². The van der Waals surface area contributed by atoms with E-state index in [1.54, 1.807) is 19.2 Å². The number of Topliss-reactive ketones (excluding diaryl/α,β-unsaturated/α-hetero) is 1. The van der Waals surface area contributed by atoms with E-state index in [4.69, 9.17) is 0 Å². The second kappa shape index (κ2) is 7.60. The van der Waals surface area contributed by atoms with Crippen LogP contribution in [0.15, 0.2) is 30.5 Å². The van der Waals surface area contributed by atoms with Crippen molar-refractivity contribution in [2.75, 3.05) is 17.7 Å². The minimum atomic E-state index is -0.992. The molecule has 3 aromatic rings. The van der Waals surface area contributed by atoms with Crippen molar-refractivity contribution in [3.05, 3.63) is 41.7 Å². The summed E-state index contributed by atoms with van der Waals surface area (Å²) in [6.07, 6.45) is 3.07. The van der Waals surface area contributed by atoms with E-state index in [1.165, 1.54) is 10.7 Å². The van der Waals surface area contributed by atoms with E-state index < -0.39 is 18.1 Å². The number of aromatic nitrogens is 4. The second-order valence-electron chi connectivity index (χ2n) is 7.89. The molecule has 3 atom stereocenters. The number of carbonyl (C=O) groups excluding carboxylic acids is 2. The maximum Gasteiger partial charge on any atom is 0.257 e. The van der Waals surface area contributed by atoms with Crippen molar-refractivity contribution >= 4 is 34.8 Å². The largest absolute Gasteiger partial charge is 0.373 e. The molecule has 9 nitrogen and oxygen atoms in total. The van der Waals surface area contributed by atoms with Gasteiger partial charge >= 0.3 is 0 Å². The highest BCUT2D eigenvalue weighted by Crippen LogP contribution is 2.31. The number of rotatable bonds is 6. The molecule has 0 bridgehead atoms. The van der Waals surface area contributed by atoms with Gasteiger partial charge in [0, 0.05) is 26.0 Å². The van der Waals surface area contributed by atoms with E-state index in [-0.39, 0.29) is 17.3 Å². The first-order chi connectivity index (χ1) is 15.0. The van der Waals surface area contributed by atoms with E-state index in [0.29, 0.717) is 35.9 Å². The number of pyridine rings is 1. The lowest BCUT2D eigenvalue weighted by Crippen LogP contribution is -2.27. The Hall–Kier alpha value is -3.56. The molecule has 1 unspecified atom stereocenters. The van der Waals surface area contributed by atoms with Crippen LogP contribution < -0.4 is 16.0 Å². The van der Waals surface area contributed by atoms with Gasteiger partial charge in [0.25, 0.3) is 5.91 Å². The smallest absolute Gasteiger partial charge is 0.257 e. The summed E-state index contributed by atoms with van der Waals surface area (Å²) in [5.41, 5.74) is 1.35. The highest BCUT2D eigenvalue weighted by Gasteiger charge is 2.39. The molecular formula is C21H22FN7O2. The molecule has 0 aromatic carbocycles. The molecule has 10 heteroatoms. The zero-order valence-electron chi connectivity index (χ0n) is 16.9. The molecule has 2 aliphatic carbocycles. The van der Waals surface area contributed by atoms with Gasteiger partial charge in [0.05, 0.1) is 23.9 Å². The molecule has 0 saturated heterocycles. The van der Waals surface area contributed by atoms with Crippen LogP contribution in [0.3, 0.4) is 0 Å². The molecule has 1 amide bonds. The second-order valence-corrected chi connectivity index (χ2v) is 7.89. The van der Waals surface area contributed by atoms with E-state index in [9.17, 15) is 14.0 Å². The molecule has 0 radical (unpaired) electrons. The molecule has 0 aliphatic heterocycles. The van der Waals surface area contributed by atoms with Gasteiger partial charge in [-0.25, -0.2) is 14.4 Å². The number of carbonyl (C=O) groups is 2. The van der Waals surface area contributed by atoms with Crippen LogP contribution in [0.4, 0.5) is 21.8 Å². The summed E-state index contributed by atoms with van der Waals surface area (Å²) in [6.45, 7) is 0. The number of amides is 1. The van der Waals surface area contributed by atoms with Crippen LogP contribution in [0.1, 0.15) is 47.7 Å². The lowest BCUT2D eigenvalue weighted by atomic mass is 10.0. The summed E-state index contributed by atoms with van der Waals surface area (Å²) in [6, 6.07) is 6.82. The normalized spacial score (nSPS) is 22.5. The fourth-order valence-electron chi connectivity index (χ4n) is 3.90. The fourth-order valence-corrected chi connectivity index (χ4v) is 3.90. The van der Waals surface area contributed by atoms with Crippen molar-refractivity contribution in [3.8, 4) is 0 Å². The van der Waals surface area contributed by atoms with Crippen molar-refractivity contribution in [2.45, 2.75) is 43.8 Å². The van der Waals surface area contributed by atoms with Crippen LogP contribution in [-0.2, 0) is 4.79 Å². The Bertz CT molecular complexity index is 1180. The first kappa shape index (κ1) is 19.4. The van der Waals surface area contributed by atoms with Crippen molar-refractivity contribution < 1.29 is 14.0 Å². The average Bonchev–Trinajstić information content (AvgIpc) is 3.13. The zero-order chi connectivity index (χ0) is 21.5. The van der Waals surface area contributed by atoms with Gasteiger partial charge in [-0.1, -0.05) is 6.07 Å². The summed E-state index contributed by atoms with van der Waals surface area (Å²) >= 11 is 0. The maximum atomic E-state index is 13.2. The first-order valence-corrected chi connectivity index (χ1v) is 10.3. The highest BCUT2D eigenvalue weighted by atomic mass is 19.1. The minimum Gasteiger partial charge on any atom is -0.373 e. The van der Waals surface area contributed by atoms with Gasteiger partial charge in [-0.2, -0.15) is 9.61 Å². The number of fused-ring (bicyclic) bond motifs is 1. The van der Waals surface area contributed by atoms with Crippen LogP contribution in [-0.4, -0.2) is 50.5 Å². The van der Waals surface area contributed by atoms with Gasteiger partial charge in [-0.3, -0.25) is 9.59 Å². The third-order valence-electron chi connectivity index (χ3n) is 5.69. The summed E-state index contributed by atoms with van der Waals surface area (Å²) < 4.78 is 14.7. The Morgan fingerprint density at radius 1 is 1.26 bits per heavy atom. The Morgan fingerprint density at radius 3 is 2.81 bits per heavy atom. The van der Waals surface area contributed by atoms with Crippen LogP contribution in [0.5, 0.6) is 0 Å². The molecule has 5 rings (SSSR count). The molecular weight excluding hydrogens is 401 g/mol. The summed E-state index contributed by atoms with van der Waals surface area (Å²) in [4.78, 5) is 33.8. The van der Waals surface area contributed by atoms with E-state index >= 15 is 0 Å². The monoisotopic (exact) mass is 423 g/mol. The van der Waals surface area contributed by atoms with Crippen LogP contribution in [0, 0.1) is 0 Å². The first-order valence-electron chi connectivity index (χ1n) is 10.3. The SMILES string of the molecule is CNc1cc(Nc2cccc(C3CCCC3=O)n2)nc2c(C(=O)N[C@H]3C[C@H]3F)cnn12. The topological polar surface area (TPSA) is 113 Å². The zero-order valence-corrected chi connectivity index (χ0v) is 16.9. The van der Waals surface area contributed by atoms with Crippen LogP contribution >= 0.6 is 0 Å². The molecule has 3 N–H and O–H groups in total. The third kappa shape index (κ3) is 3.69. The highest BCUT2D eigenvalue weighted by molar-refractivity contribution is 6.00. The van der Waals surface area contributed by atoms with Crippen LogP contribution in [0.2, 0.25) is 0 Å². The summed E-state index contributed by atoms with van der Waals surface area (Å²) in [7, 11) is 1.74. The van der Waals surface area contributed by atoms with Gasteiger partial charge in [-0.15, -0.1) is 0 Å². The molecule has 0 spiro atoms. The molecule has 2 fully saturated rings. The number of halogens is 1. The van der Waals surface area contributed by atoms with Gasteiger partial charge in [0.15, 0.2) is 5.65 Å². The number of alkyl halides is 1. The molecule has 160 valence electrons. The third-order valence-corrected chi connectivity index (χ3v) is 5.69. The number of ketones is 1. The van der Waals surface area contributed by atoms with Crippen molar-refractivity contribution in [1.29, 1.82) is 0 Å². The van der Waals surface area contributed by atoms with Gasteiger partial charge in [0.2, 0.25) is 0 Å². The standard InChI is InChI=1S/C21H22FN7O2/c1-23-19-9-18(27-17-7-3-5-14(25-17)11-4-2-6-16(11)30)28-20-12(10-24-29(19)20)21(31)26-15-8-13(15)22/h3,5,7,9-11,13,15,23H,2,4,6,8H2,1H3,(H,26,31)(H,25,27,28)/t11?,13-,15+/m1/s1. The lowest BCUT2D eigenvalue weighted by Gasteiger charge is -2.12. The number of nitrogens with one attached hydrogen (secondary N) is 3. The molecule has 2 aliphatic rings. The molecule has 3 heterocycles. The van der Waals surface area contributed by atoms with Gasteiger partial charge in [-0.05, 0) is 25.0 Å². The van der Waals surface area contributed by atoms with Gasteiger partial charge < -0.3 is 16.0 Å². The van der Waals surface area contributed by atoms with Crippen molar-refractivity contribution in [1.82, 2.24) is 24.9 Å². The average molecular weight is 423 g/mol. The van der Waals surface area contributed by atoms with Crippen molar-refractivity contribution in [2.24, 2.45) is 0 Å². The predicted molar refractivity (Wildman–Crippen MR) is 112 cm³/mol. The lowest BCUT2D eigenvalue weighted by molar-refractivity contribution is -0.118. The number of hydrogen-bond acceptors (Lipinski definition) is 7. The molecule has 31 heavy (non-hydrogen) atoms. The van der Waals surface area contributed by atoms with Crippen LogP contribution in [0.25, 0.3) is 5.65 Å². The number of hydrogen-bond donors (Lipinski definition) is 3. The fraction of sp³-hybridized carbons (Fsp3) is 0.381. The number of nitrogens with zero attached hydrogens (tertiary/aromatic N) is 4. The summed E-state index contributed by atoms with van der Waals surface area (Å²) in [5.74, 6) is 1.29. The Kier molecular flexibility index (Phi) is 4.76. The predicted octanol–water partition coefficient (Wildman–Crippen LogP) is 2.59. The van der Waals surface area contributed by atoms with Gasteiger partial charge in [0.1, 0.15) is 35.0 Å². The summed E-state index contributed by atoms with van der Waals surface area (Å²) in [5, 5.41) is 13.1. The van der Waals surface area contributed by atoms with E-state index in [1.807, 2.05) is 12.1 Å². The molecule has 3 aromatic heterocycles. The minimum absolute atomic E-state index is 0.156. The molecule has 2 saturated carbocycles. The van der Waals surface area contributed by atoms with E-state index in [0.717, 1.165) is 18.5 Å². The number of anilines is 3. The quantitative estimate of drug-likeness (QED) is 0.558. The maximum absolute atomic E-state index is 13.2.